The van der Waals surface area contributed by atoms with Crippen LogP contribution in [-0.4, -0.2) is 23.3 Å². The molecule has 0 amide bonds. The zero-order valence-corrected chi connectivity index (χ0v) is 17.2. The van der Waals surface area contributed by atoms with Crippen LogP contribution in [0.3, 0.4) is 0 Å². The average molecular weight is 396 g/mol. The van der Waals surface area contributed by atoms with Gasteiger partial charge >= 0.3 is 0 Å². The van der Waals surface area contributed by atoms with Crippen LogP contribution < -0.4 is 0 Å². The molecule has 2 aromatic carbocycles. The van der Waals surface area contributed by atoms with Gasteiger partial charge in [-0.1, -0.05) is 55.5 Å². The van der Waals surface area contributed by atoms with Crippen LogP contribution in [0.25, 0.3) is 0 Å². The lowest BCUT2D eigenvalue weighted by atomic mass is 9.70. The van der Waals surface area contributed by atoms with Crippen LogP contribution in [-0.2, 0) is 9.59 Å². The SMILES string of the molecule is Cc1cc2c(cc1C1C=CCC1=O)C(C)c1cc3c(cc1C2CO)C1C=CC3C1=O. The molecule has 0 fully saturated rings. The number of ketones is 2. The van der Waals surface area contributed by atoms with E-state index in [1.165, 1.54) is 11.1 Å². The highest BCUT2D eigenvalue weighted by Crippen LogP contribution is 2.51. The molecule has 150 valence electrons. The number of fused-ring (bicyclic) bond motifs is 7. The van der Waals surface area contributed by atoms with Crippen LogP contribution >= 0.6 is 0 Å². The van der Waals surface area contributed by atoms with Crippen LogP contribution in [0.15, 0.2) is 48.6 Å². The molecule has 30 heavy (non-hydrogen) atoms. The van der Waals surface area contributed by atoms with Gasteiger partial charge in [-0.3, -0.25) is 9.59 Å². The monoisotopic (exact) mass is 396 g/mol. The minimum absolute atomic E-state index is 0.0322. The van der Waals surface area contributed by atoms with Crippen LogP contribution in [0, 0.1) is 6.92 Å². The smallest absolute Gasteiger partial charge is 0.155 e. The van der Waals surface area contributed by atoms with E-state index in [-0.39, 0.29) is 47.8 Å². The highest BCUT2D eigenvalue weighted by molar-refractivity contribution is 6.02. The molecule has 0 spiro atoms. The highest BCUT2D eigenvalue weighted by Gasteiger charge is 2.43. The molecule has 5 atom stereocenters. The Kier molecular flexibility index (Phi) is 3.67. The van der Waals surface area contributed by atoms with Crippen LogP contribution in [0.1, 0.15) is 87.4 Å². The number of carbonyl (C=O) groups is 2. The number of benzene rings is 2. The molecule has 1 N–H and O–H groups in total. The summed E-state index contributed by atoms with van der Waals surface area (Å²) in [6.45, 7) is 4.30. The van der Waals surface area contributed by atoms with Gasteiger partial charge in [0.25, 0.3) is 0 Å². The summed E-state index contributed by atoms with van der Waals surface area (Å²) in [6.07, 6.45) is 8.55. The van der Waals surface area contributed by atoms with Gasteiger partial charge in [-0.15, -0.1) is 0 Å². The second kappa shape index (κ2) is 6.12. The van der Waals surface area contributed by atoms with Crippen LogP contribution in [0.2, 0.25) is 0 Å². The van der Waals surface area contributed by atoms with Crippen molar-refractivity contribution in [1.29, 1.82) is 0 Å². The molecule has 3 heteroatoms. The second-order valence-corrected chi connectivity index (χ2v) is 9.22. The minimum Gasteiger partial charge on any atom is -0.395 e. The van der Waals surface area contributed by atoms with Gasteiger partial charge in [-0.05, 0) is 51.4 Å². The van der Waals surface area contributed by atoms with Crippen LogP contribution in [0.4, 0.5) is 0 Å². The number of hydrogen-bond acceptors (Lipinski definition) is 3. The topological polar surface area (TPSA) is 54.4 Å². The molecule has 0 aliphatic heterocycles. The number of carbonyl (C=O) groups excluding carboxylic acids is 2. The largest absolute Gasteiger partial charge is 0.395 e. The molecular weight excluding hydrogens is 372 g/mol. The van der Waals surface area contributed by atoms with Crippen molar-refractivity contribution >= 4 is 11.6 Å². The third kappa shape index (κ3) is 2.19. The van der Waals surface area contributed by atoms with E-state index >= 15 is 0 Å². The molecule has 3 nitrogen and oxygen atoms in total. The second-order valence-electron chi connectivity index (χ2n) is 9.22. The average Bonchev–Trinajstić information content (AvgIpc) is 3.40. The summed E-state index contributed by atoms with van der Waals surface area (Å²) in [6, 6.07) is 8.77. The molecule has 0 aromatic heterocycles. The van der Waals surface area contributed by atoms with Gasteiger partial charge in [0.15, 0.2) is 5.78 Å². The Bertz CT molecular complexity index is 1200. The molecule has 0 heterocycles. The van der Waals surface area contributed by atoms with E-state index in [0.29, 0.717) is 6.42 Å². The first-order chi connectivity index (χ1) is 14.5. The number of Topliss-reactive ketones (excluding diaryl/α,β-unsaturated/α-hetero) is 2. The number of hydrogen-bond donors (Lipinski definition) is 1. The van der Waals surface area contributed by atoms with Gasteiger partial charge < -0.3 is 5.11 Å². The summed E-state index contributed by atoms with van der Waals surface area (Å²) in [5, 5.41) is 10.4. The van der Waals surface area contributed by atoms with Gasteiger partial charge in [-0.25, -0.2) is 0 Å². The number of aliphatic hydroxyl groups is 1. The molecule has 6 rings (SSSR count). The first-order valence-electron chi connectivity index (χ1n) is 10.8. The van der Waals surface area contributed by atoms with Crippen molar-refractivity contribution in [2.75, 3.05) is 6.61 Å². The molecule has 0 radical (unpaired) electrons. The lowest BCUT2D eigenvalue weighted by molar-refractivity contribution is -0.119. The van der Waals surface area contributed by atoms with E-state index in [4.69, 9.17) is 0 Å². The number of rotatable bonds is 2. The first kappa shape index (κ1) is 18.0. The fourth-order valence-corrected chi connectivity index (χ4v) is 6.14. The maximum atomic E-state index is 12.6. The Morgan fingerprint density at radius 3 is 2.00 bits per heavy atom. The quantitative estimate of drug-likeness (QED) is 0.760. The lowest BCUT2D eigenvalue weighted by Gasteiger charge is -2.34. The van der Waals surface area contributed by atoms with E-state index in [9.17, 15) is 14.7 Å². The lowest BCUT2D eigenvalue weighted by Crippen LogP contribution is -2.21. The molecule has 2 aromatic rings. The fourth-order valence-electron chi connectivity index (χ4n) is 6.14. The van der Waals surface area contributed by atoms with Crippen molar-refractivity contribution in [1.82, 2.24) is 0 Å². The summed E-state index contributed by atoms with van der Waals surface area (Å²) >= 11 is 0. The summed E-state index contributed by atoms with van der Waals surface area (Å²) in [7, 11) is 0. The van der Waals surface area contributed by atoms with Crippen molar-refractivity contribution in [3.63, 3.8) is 0 Å². The summed E-state index contributed by atoms with van der Waals surface area (Å²) < 4.78 is 0. The predicted octanol–water partition coefficient (Wildman–Crippen LogP) is 4.52. The summed E-state index contributed by atoms with van der Waals surface area (Å²) in [5.41, 5.74) is 9.14. The first-order valence-corrected chi connectivity index (χ1v) is 10.8. The van der Waals surface area contributed by atoms with Crippen molar-refractivity contribution < 1.29 is 14.7 Å². The Balaban J connectivity index is 1.53. The molecule has 0 saturated heterocycles. The maximum absolute atomic E-state index is 12.6. The third-order valence-corrected chi connectivity index (χ3v) is 7.74. The van der Waals surface area contributed by atoms with E-state index in [2.05, 4.69) is 38.1 Å². The van der Waals surface area contributed by atoms with Gasteiger partial charge in [0.05, 0.1) is 24.4 Å². The zero-order valence-electron chi connectivity index (χ0n) is 17.2. The van der Waals surface area contributed by atoms with Gasteiger partial charge in [0, 0.05) is 18.3 Å². The molecule has 5 unspecified atom stereocenters. The summed E-state index contributed by atoms with van der Waals surface area (Å²) in [4.78, 5) is 25.0. The van der Waals surface area contributed by atoms with E-state index < -0.39 is 0 Å². The van der Waals surface area contributed by atoms with Crippen LogP contribution in [0.5, 0.6) is 0 Å². The Labute approximate surface area is 176 Å². The van der Waals surface area contributed by atoms with Crippen molar-refractivity contribution in [3.05, 3.63) is 93.1 Å². The number of aliphatic hydroxyl groups excluding tert-OH is 1. The third-order valence-electron chi connectivity index (χ3n) is 7.74. The molecule has 0 saturated carbocycles. The Morgan fingerprint density at radius 2 is 1.40 bits per heavy atom. The van der Waals surface area contributed by atoms with E-state index in [1.54, 1.807) is 0 Å². The molecule has 4 aliphatic carbocycles. The van der Waals surface area contributed by atoms with E-state index in [1.807, 2.05) is 24.3 Å². The van der Waals surface area contributed by atoms with Gasteiger partial charge in [-0.2, -0.15) is 0 Å². The van der Waals surface area contributed by atoms with Gasteiger partial charge in [0.1, 0.15) is 5.78 Å². The summed E-state index contributed by atoms with van der Waals surface area (Å²) in [5.74, 6) is 0.206. The number of aryl methyl sites for hydroxylation is 1. The van der Waals surface area contributed by atoms with Crippen molar-refractivity contribution in [2.24, 2.45) is 0 Å². The highest BCUT2D eigenvalue weighted by atomic mass is 16.3. The molecule has 2 bridgehead atoms. The number of allylic oxidation sites excluding steroid dienone is 4. The maximum Gasteiger partial charge on any atom is 0.155 e. The van der Waals surface area contributed by atoms with Crippen molar-refractivity contribution in [3.8, 4) is 0 Å². The normalized spacial score (nSPS) is 30.0. The fraction of sp³-hybridized carbons (Fsp3) is 0.333. The Morgan fingerprint density at radius 1 is 0.800 bits per heavy atom. The van der Waals surface area contributed by atoms with E-state index in [0.717, 1.165) is 33.4 Å². The van der Waals surface area contributed by atoms with Gasteiger partial charge in [0.2, 0.25) is 0 Å². The zero-order chi connectivity index (χ0) is 20.7. The Hall–Kier alpha value is -2.78. The molecular formula is C27H24O3. The van der Waals surface area contributed by atoms with Crippen molar-refractivity contribution in [2.45, 2.75) is 49.9 Å². The minimum atomic E-state index is -0.157. The predicted molar refractivity (Wildman–Crippen MR) is 115 cm³/mol. The standard InChI is InChI=1S/C27H24O3/c1-13-8-21-19(9-18(13)15-4-3-5-26(15)29)14(2)20-10-22-16-6-7-17(27(16)30)23(22)11-24(20)25(21)12-28/h3-4,6-11,14-17,25,28H,5,12H2,1-2H3. The molecule has 4 aliphatic rings.